The predicted molar refractivity (Wildman–Crippen MR) is 131 cm³/mol. The Kier molecular flexibility index (Phi) is 6.30. The molecule has 1 heterocycles. The molecule has 4 nitrogen and oxygen atoms in total. The Morgan fingerprint density at radius 1 is 1.38 bits per heavy atom. The molecular formula is C27H33NO3S. The Balaban J connectivity index is 1.87. The number of oxime groups is 1. The van der Waals surface area contributed by atoms with E-state index in [9.17, 15) is 9.90 Å². The van der Waals surface area contributed by atoms with Crippen molar-refractivity contribution in [3.05, 3.63) is 69.4 Å². The van der Waals surface area contributed by atoms with Gasteiger partial charge in [0.2, 0.25) is 0 Å². The van der Waals surface area contributed by atoms with E-state index in [1.807, 2.05) is 13.0 Å². The van der Waals surface area contributed by atoms with Crippen molar-refractivity contribution in [1.29, 1.82) is 0 Å². The molecule has 0 unspecified atom stereocenters. The molecule has 0 spiro atoms. The van der Waals surface area contributed by atoms with Crippen molar-refractivity contribution in [3.63, 3.8) is 0 Å². The highest BCUT2D eigenvalue weighted by molar-refractivity contribution is 7.12. The largest absolute Gasteiger partial charge is 0.481 e. The van der Waals surface area contributed by atoms with E-state index >= 15 is 0 Å². The number of hydrogen-bond donors (Lipinski definition) is 1. The number of aliphatic carboxylic acids is 1. The second-order valence-corrected chi connectivity index (χ2v) is 10.6. The third-order valence-electron chi connectivity index (χ3n) is 7.80. The van der Waals surface area contributed by atoms with Crippen LogP contribution in [0.15, 0.2) is 47.5 Å². The van der Waals surface area contributed by atoms with Crippen molar-refractivity contribution >= 4 is 23.0 Å². The summed E-state index contributed by atoms with van der Waals surface area (Å²) in [7, 11) is 0. The molecule has 1 saturated carbocycles. The van der Waals surface area contributed by atoms with Crippen molar-refractivity contribution in [2.45, 2.75) is 64.7 Å². The van der Waals surface area contributed by atoms with E-state index in [0.29, 0.717) is 6.61 Å². The minimum absolute atomic E-state index is 0.133. The van der Waals surface area contributed by atoms with Gasteiger partial charge in [-0.05, 0) is 84.6 Å². The average Bonchev–Trinajstić information content (AvgIpc) is 3.30. The molecule has 1 aromatic heterocycles. The van der Waals surface area contributed by atoms with E-state index in [2.05, 4.69) is 49.2 Å². The summed E-state index contributed by atoms with van der Waals surface area (Å²) >= 11 is 1.65. The smallest absolute Gasteiger partial charge is 0.309 e. The quantitative estimate of drug-likeness (QED) is 0.231. The van der Waals surface area contributed by atoms with Crippen LogP contribution in [-0.2, 0) is 27.9 Å². The molecule has 0 saturated heterocycles. The molecule has 1 N–H and O–H groups in total. The van der Waals surface area contributed by atoms with Gasteiger partial charge in [0.05, 0.1) is 10.3 Å². The van der Waals surface area contributed by atoms with Crippen LogP contribution < -0.4 is 0 Å². The van der Waals surface area contributed by atoms with Crippen LogP contribution in [0.2, 0.25) is 0 Å². The second kappa shape index (κ2) is 8.86. The van der Waals surface area contributed by atoms with Crippen LogP contribution >= 0.6 is 11.3 Å². The highest BCUT2D eigenvalue weighted by atomic mass is 32.1. The third-order valence-corrected chi connectivity index (χ3v) is 8.68. The second-order valence-electron chi connectivity index (χ2n) is 9.61. The van der Waals surface area contributed by atoms with E-state index in [1.165, 1.54) is 16.7 Å². The van der Waals surface area contributed by atoms with E-state index < -0.39 is 11.4 Å². The van der Waals surface area contributed by atoms with Gasteiger partial charge in [-0.25, -0.2) is 0 Å². The molecule has 3 atom stereocenters. The summed E-state index contributed by atoms with van der Waals surface area (Å²) in [5.41, 5.74) is 5.06. The first-order chi connectivity index (χ1) is 15.3. The number of carboxylic acid groups (broad SMARTS) is 1. The lowest BCUT2D eigenvalue weighted by atomic mass is 9.49. The summed E-state index contributed by atoms with van der Waals surface area (Å²) in [4.78, 5) is 19.0. The lowest BCUT2D eigenvalue weighted by Gasteiger charge is -2.53. The number of nitrogens with zero attached hydrogens (tertiary/aromatic N) is 1. The summed E-state index contributed by atoms with van der Waals surface area (Å²) in [5.74, 6) is -0.519. The Labute approximate surface area is 195 Å². The van der Waals surface area contributed by atoms with Crippen LogP contribution in [0, 0.1) is 11.3 Å². The maximum atomic E-state index is 12.3. The zero-order valence-corrected chi connectivity index (χ0v) is 20.1. The number of rotatable bonds is 7. The zero-order valence-electron chi connectivity index (χ0n) is 19.3. The summed E-state index contributed by atoms with van der Waals surface area (Å²) in [5, 5.41) is 16.7. The van der Waals surface area contributed by atoms with E-state index in [1.54, 1.807) is 17.4 Å². The van der Waals surface area contributed by atoms with Gasteiger partial charge in [-0.2, -0.15) is 0 Å². The normalized spacial score (nSPS) is 27.3. The van der Waals surface area contributed by atoms with Gasteiger partial charge in [-0.3, -0.25) is 4.79 Å². The van der Waals surface area contributed by atoms with Gasteiger partial charge in [-0.15, -0.1) is 11.3 Å². The SMILES string of the molecule is C=CCON=C(c1cccs1)c1cc2c(cc1CC)CC[C@H]1[C@](C)(C(=O)O)CCC[C@]21C. The molecule has 2 aliphatic rings. The summed E-state index contributed by atoms with van der Waals surface area (Å²) < 4.78 is 0. The Hall–Kier alpha value is -2.40. The van der Waals surface area contributed by atoms with Gasteiger partial charge in [0, 0.05) is 5.56 Å². The number of aryl methyl sites for hydroxylation is 2. The van der Waals surface area contributed by atoms with E-state index in [4.69, 9.17) is 4.84 Å². The van der Waals surface area contributed by atoms with Gasteiger partial charge in [0.1, 0.15) is 12.3 Å². The fourth-order valence-electron chi connectivity index (χ4n) is 6.13. The molecule has 0 radical (unpaired) electrons. The molecule has 0 bridgehead atoms. The topological polar surface area (TPSA) is 58.9 Å². The van der Waals surface area contributed by atoms with Crippen molar-refractivity contribution in [2.24, 2.45) is 16.5 Å². The third kappa shape index (κ3) is 3.71. The summed E-state index contributed by atoms with van der Waals surface area (Å²) in [6, 6.07) is 8.76. The maximum absolute atomic E-state index is 12.3. The first kappa shape index (κ1) is 22.8. The molecule has 4 rings (SSSR count). The molecule has 32 heavy (non-hydrogen) atoms. The molecule has 5 heteroatoms. The fraction of sp³-hybridized carbons (Fsp3) is 0.481. The Bertz CT molecular complexity index is 1040. The standard InChI is InChI=1S/C27H33NO3S/c1-5-14-31-28-24(22-9-7-15-32-22)20-17-21-19(16-18(20)6-2)10-11-23-26(21,3)12-8-13-27(23,4)25(29)30/h5,7,9,15-17,23H,1,6,8,10-14H2,2-4H3,(H,29,30)/t23-,26-,27-/m1/s1. The van der Waals surface area contributed by atoms with Crippen LogP contribution in [0.3, 0.4) is 0 Å². The fourth-order valence-corrected chi connectivity index (χ4v) is 6.85. The van der Waals surface area contributed by atoms with E-state index in [0.717, 1.165) is 54.7 Å². The van der Waals surface area contributed by atoms with Crippen molar-refractivity contribution in [3.8, 4) is 0 Å². The van der Waals surface area contributed by atoms with Gasteiger partial charge < -0.3 is 9.94 Å². The highest BCUT2D eigenvalue weighted by Crippen LogP contribution is 2.57. The summed E-state index contributed by atoms with van der Waals surface area (Å²) in [6.45, 7) is 10.5. The van der Waals surface area contributed by atoms with Gasteiger partial charge in [-0.1, -0.05) is 50.2 Å². The van der Waals surface area contributed by atoms with E-state index in [-0.39, 0.29) is 11.3 Å². The molecule has 1 aromatic carbocycles. The Morgan fingerprint density at radius 3 is 2.84 bits per heavy atom. The molecule has 2 aromatic rings. The van der Waals surface area contributed by atoms with Gasteiger partial charge in [0.15, 0.2) is 0 Å². The lowest BCUT2D eigenvalue weighted by molar-refractivity contribution is -0.157. The number of hydrogen-bond acceptors (Lipinski definition) is 4. The molecule has 0 aliphatic heterocycles. The number of carbonyl (C=O) groups is 1. The van der Waals surface area contributed by atoms with Gasteiger partial charge >= 0.3 is 5.97 Å². The summed E-state index contributed by atoms with van der Waals surface area (Å²) in [6.07, 6.45) is 7.19. The number of carboxylic acids is 1. The Morgan fingerprint density at radius 2 is 2.19 bits per heavy atom. The minimum Gasteiger partial charge on any atom is -0.481 e. The average molecular weight is 452 g/mol. The first-order valence-electron chi connectivity index (χ1n) is 11.6. The van der Waals surface area contributed by atoms with Crippen LogP contribution in [0.4, 0.5) is 0 Å². The first-order valence-corrected chi connectivity index (χ1v) is 12.5. The number of benzene rings is 1. The molecule has 0 amide bonds. The van der Waals surface area contributed by atoms with Gasteiger partial charge in [0.25, 0.3) is 0 Å². The van der Waals surface area contributed by atoms with Crippen LogP contribution in [0.5, 0.6) is 0 Å². The lowest BCUT2D eigenvalue weighted by Crippen LogP contribution is -2.52. The maximum Gasteiger partial charge on any atom is 0.309 e. The molecular weight excluding hydrogens is 418 g/mol. The zero-order chi connectivity index (χ0) is 22.9. The molecule has 1 fully saturated rings. The van der Waals surface area contributed by atoms with Crippen molar-refractivity contribution in [1.82, 2.24) is 0 Å². The highest BCUT2D eigenvalue weighted by Gasteiger charge is 2.55. The monoisotopic (exact) mass is 451 g/mol. The molecule has 170 valence electrons. The van der Waals surface area contributed by atoms with Crippen molar-refractivity contribution in [2.75, 3.05) is 6.61 Å². The number of thiophene rings is 1. The number of fused-ring (bicyclic) bond motifs is 3. The minimum atomic E-state index is -0.675. The van der Waals surface area contributed by atoms with Crippen LogP contribution in [0.1, 0.15) is 73.6 Å². The van der Waals surface area contributed by atoms with Crippen LogP contribution in [-0.4, -0.2) is 23.4 Å². The van der Waals surface area contributed by atoms with Crippen molar-refractivity contribution < 1.29 is 14.7 Å². The van der Waals surface area contributed by atoms with Crippen LogP contribution in [0.25, 0.3) is 0 Å². The molecule has 2 aliphatic carbocycles. The predicted octanol–water partition coefficient (Wildman–Crippen LogP) is 6.36.